The van der Waals surface area contributed by atoms with E-state index < -0.39 is 12.3 Å². The summed E-state index contributed by atoms with van der Waals surface area (Å²) in [4.78, 5) is 23.8. The second kappa shape index (κ2) is 11.1. The third kappa shape index (κ3) is 6.00. The second-order valence-corrected chi connectivity index (χ2v) is 9.80. The summed E-state index contributed by atoms with van der Waals surface area (Å²) in [6, 6.07) is 20.8. The minimum Gasteiger partial charge on any atom is -0.493 e. The number of carboxylic acid groups (broad SMARTS) is 1. The van der Waals surface area contributed by atoms with Crippen LogP contribution in [0.25, 0.3) is 0 Å². The molecule has 1 unspecified atom stereocenters. The quantitative estimate of drug-likeness (QED) is 0.336. The Bertz CT molecular complexity index is 1260. The first-order valence-electron chi connectivity index (χ1n) is 12.5. The molecule has 0 aromatic heterocycles. The van der Waals surface area contributed by atoms with Crippen molar-refractivity contribution in [3.63, 3.8) is 0 Å². The smallest absolute Gasteiger partial charge is 0.493 e. The van der Waals surface area contributed by atoms with Crippen LogP contribution in [0.15, 0.2) is 66.7 Å². The molecule has 37 heavy (non-hydrogen) atoms. The predicted molar refractivity (Wildman–Crippen MR) is 139 cm³/mol. The van der Waals surface area contributed by atoms with Gasteiger partial charge in [-0.25, -0.2) is 4.79 Å². The lowest BCUT2D eigenvalue weighted by atomic mass is 9.82. The van der Waals surface area contributed by atoms with E-state index >= 15 is 0 Å². The molecule has 3 aromatic carbocycles. The molecular weight excluding hydrogens is 494 g/mol. The van der Waals surface area contributed by atoms with Gasteiger partial charge in [-0.05, 0) is 67.5 Å². The summed E-state index contributed by atoms with van der Waals surface area (Å²) in [6.45, 7) is 0.323. The van der Waals surface area contributed by atoms with Gasteiger partial charge in [-0.2, -0.15) is 0 Å². The molecule has 0 saturated heterocycles. The lowest BCUT2D eigenvalue weighted by Crippen LogP contribution is -2.37. The van der Waals surface area contributed by atoms with Gasteiger partial charge in [-0.3, -0.25) is 4.79 Å². The number of benzene rings is 3. The van der Waals surface area contributed by atoms with Crippen LogP contribution in [0.4, 0.5) is 4.79 Å². The molecule has 1 atom stereocenters. The van der Waals surface area contributed by atoms with Gasteiger partial charge in [0.15, 0.2) is 0 Å². The van der Waals surface area contributed by atoms with E-state index in [1.807, 2.05) is 6.07 Å². The highest BCUT2D eigenvalue weighted by molar-refractivity contribution is 6.32. The van der Waals surface area contributed by atoms with E-state index in [1.54, 1.807) is 36.4 Å². The van der Waals surface area contributed by atoms with Crippen molar-refractivity contribution in [1.29, 1.82) is 0 Å². The standard InChI is InChI=1S/C29H28ClNO6/c30-24-16-23-25(37-29(33)34)14-15-35-26(23)17-27(24)36-22-12-8-20(9-13-22)28(32)31-21-10-6-19(7-11-21)18-4-2-1-3-5-18/h1-5,8-9,12-13,16-17,19,21,25H,6-7,10-11,14-15H2,(H,31,32)(H,33,34). The molecule has 0 spiro atoms. The Balaban J connectivity index is 1.18. The maximum Gasteiger partial charge on any atom is 0.506 e. The Labute approximate surface area is 220 Å². The zero-order valence-electron chi connectivity index (χ0n) is 20.2. The van der Waals surface area contributed by atoms with Crippen molar-refractivity contribution in [2.24, 2.45) is 0 Å². The second-order valence-electron chi connectivity index (χ2n) is 9.39. The van der Waals surface area contributed by atoms with Crippen LogP contribution in [0.1, 0.15) is 65.6 Å². The normalized spacial score (nSPS) is 20.7. The van der Waals surface area contributed by atoms with Crippen molar-refractivity contribution < 1.29 is 28.9 Å². The summed E-state index contributed by atoms with van der Waals surface area (Å²) in [7, 11) is 0. The summed E-state index contributed by atoms with van der Waals surface area (Å²) < 4.78 is 16.5. The van der Waals surface area contributed by atoms with Crippen LogP contribution in [-0.2, 0) is 4.74 Å². The average Bonchev–Trinajstić information content (AvgIpc) is 2.91. The third-order valence-electron chi connectivity index (χ3n) is 6.97. The summed E-state index contributed by atoms with van der Waals surface area (Å²) in [5, 5.41) is 12.4. The van der Waals surface area contributed by atoms with Crippen molar-refractivity contribution in [3.05, 3.63) is 88.4 Å². The van der Waals surface area contributed by atoms with Crippen LogP contribution in [0.5, 0.6) is 17.2 Å². The molecule has 3 aromatic rings. The molecule has 1 saturated carbocycles. The number of halogens is 1. The van der Waals surface area contributed by atoms with Crippen molar-refractivity contribution in [3.8, 4) is 17.2 Å². The first-order valence-corrected chi connectivity index (χ1v) is 12.8. The van der Waals surface area contributed by atoms with E-state index in [0.717, 1.165) is 25.7 Å². The predicted octanol–water partition coefficient (Wildman–Crippen LogP) is 7.11. The van der Waals surface area contributed by atoms with Crippen molar-refractivity contribution >= 4 is 23.7 Å². The van der Waals surface area contributed by atoms with Gasteiger partial charge in [0.2, 0.25) is 0 Å². The first-order chi connectivity index (χ1) is 18.0. The lowest BCUT2D eigenvalue weighted by molar-refractivity contribution is 0.0326. The van der Waals surface area contributed by atoms with Gasteiger partial charge in [-0.1, -0.05) is 41.9 Å². The van der Waals surface area contributed by atoms with Gasteiger partial charge in [0.25, 0.3) is 5.91 Å². The highest BCUT2D eigenvalue weighted by Crippen LogP contribution is 2.42. The van der Waals surface area contributed by atoms with Crippen LogP contribution in [-0.4, -0.2) is 29.8 Å². The Hall–Kier alpha value is -3.71. The Morgan fingerprint density at radius 1 is 0.946 bits per heavy atom. The van der Waals surface area contributed by atoms with Gasteiger partial charge in [0.05, 0.1) is 11.6 Å². The van der Waals surface area contributed by atoms with E-state index in [2.05, 4.69) is 29.6 Å². The number of carbonyl (C=O) groups is 2. The molecular formula is C29H28ClNO6. The summed E-state index contributed by atoms with van der Waals surface area (Å²) >= 11 is 6.40. The molecule has 1 fully saturated rings. The number of nitrogens with one attached hydrogen (secondary N) is 1. The molecule has 2 aliphatic rings. The minimum absolute atomic E-state index is 0.0978. The molecule has 5 rings (SSSR count). The fourth-order valence-corrected chi connectivity index (χ4v) is 5.26. The fraction of sp³-hybridized carbons (Fsp3) is 0.310. The summed E-state index contributed by atoms with van der Waals surface area (Å²) in [6.07, 6.45) is 2.48. The highest BCUT2D eigenvalue weighted by Gasteiger charge is 2.27. The number of amides is 1. The van der Waals surface area contributed by atoms with Gasteiger partial charge in [0, 0.05) is 29.7 Å². The molecule has 1 aliphatic carbocycles. The molecule has 0 radical (unpaired) electrons. The number of hydrogen-bond acceptors (Lipinski definition) is 5. The molecule has 7 nitrogen and oxygen atoms in total. The van der Waals surface area contributed by atoms with Crippen molar-refractivity contribution in [2.75, 3.05) is 6.61 Å². The zero-order chi connectivity index (χ0) is 25.8. The van der Waals surface area contributed by atoms with Gasteiger partial charge in [0.1, 0.15) is 23.4 Å². The highest BCUT2D eigenvalue weighted by atomic mass is 35.5. The van der Waals surface area contributed by atoms with E-state index in [-0.39, 0.29) is 11.9 Å². The molecule has 8 heteroatoms. The van der Waals surface area contributed by atoms with Crippen LogP contribution < -0.4 is 14.8 Å². The fourth-order valence-electron chi connectivity index (χ4n) is 5.05. The molecule has 0 bridgehead atoms. The molecule has 192 valence electrons. The largest absolute Gasteiger partial charge is 0.506 e. The summed E-state index contributed by atoms with van der Waals surface area (Å²) in [5.74, 6) is 1.80. The van der Waals surface area contributed by atoms with Gasteiger partial charge in [-0.15, -0.1) is 0 Å². The molecule has 2 N–H and O–H groups in total. The third-order valence-corrected chi connectivity index (χ3v) is 7.26. The van der Waals surface area contributed by atoms with E-state index in [0.29, 0.717) is 52.3 Å². The number of carbonyl (C=O) groups excluding carboxylic acids is 1. The van der Waals surface area contributed by atoms with Crippen molar-refractivity contribution in [2.45, 2.75) is 50.2 Å². The zero-order valence-corrected chi connectivity index (χ0v) is 20.9. The van der Waals surface area contributed by atoms with E-state index in [4.69, 9.17) is 30.9 Å². The number of fused-ring (bicyclic) bond motifs is 1. The summed E-state index contributed by atoms with van der Waals surface area (Å²) in [5.41, 5.74) is 2.50. The van der Waals surface area contributed by atoms with Crippen LogP contribution in [0.3, 0.4) is 0 Å². The number of rotatable bonds is 6. The van der Waals surface area contributed by atoms with Crippen LogP contribution >= 0.6 is 11.6 Å². The average molecular weight is 522 g/mol. The number of hydrogen-bond donors (Lipinski definition) is 2. The topological polar surface area (TPSA) is 94.1 Å². The van der Waals surface area contributed by atoms with Crippen LogP contribution in [0, 0.1) is 0 Å². The van der Waals surface area contributed by atoms with Gasteiger partial charge < -0.3 is 24.6 Å². The Kier molecular flexibility index (Phi) is 7.51. The maximum absolute atomic E-state index is 12.8. The molecule has 1 heterocycles. The van der Waals surface area contributed by atoms with Crippen LogP contribution in [0.2, 0.25) is 5.02 Å². The maximum atomic E-state index is 12.8. The molecule has 1 aliphatic heterocycles. The SMILES string of the molecule is O=C(O)OC1CCOc2cc(Oc3ccc(C(=O)NC4CCC(c5ccccc5)CC4)cc3)c(Cl)cc21. The monoisotopic (exact) mass is 521 g/mol. The first kappa shape index (κ1) is 25.0. The lowest BCUT2D eigenvalue weighted by Gasteiger charge is -2.29. The van der Waals surface area contributed by atoms with Crippen molar-refractivity contribution in [1.82, 2.24) is 5.32 Å². The minimum atomic E-state index is -1.35. The molecule has 1 amide bonds. The van der Waals surface area contributed by atoms with Gasteiger partial charge >= 0.3 is 6.16 Å². The van der Waals surface area contributed by atoms with E-state index in [1.165, 1.54) is 5.56 Å². The van der Waals surface area contributed by atoms with E-state index in [9.17, 15) is 9.59 Å². The Morgan fingerprint density at radius 3 is 2.38 bits per heavy atom. The Morgan fingerprint density at radius 2 is 1.68 bits per heavy atom. The number of ether oxygens (including phenoxy) is 3.